The number of methoxy groups -OCH3 is 1. The van der Waals surface area contributed by atoms with Crippen LogP contribution in [0.5, 0.6) is 5.75 Å². The van der Waals surface area contributed by atoms with Gasteiger partial charge in [-0.2, -0.15) is 0 Å². The van der Waals surface area contributed by atoms with Crippen molar-refractivity contribution in [1.29, 1.82) is 0 Å². The van der Waals surface area contributed by atoms with Gasteiger partial charge in [-0.15, -0.1) is 0 Å². The third kappa shape index (κ3) is 3.51. The van der Waals surface area contributed by atoms with E-state index in [9.17, 15) is 0 Å². The minimum absolute atomic E-state index is 0.364. The maximum absolute atomic E-state index is 5.31. The Bertz CT molecular complexity index is 623. The molecule has 0 aliphatic heterocycles. The number of hydrogen-bond acceptors (Lipinski definition) is 4. The lowest BCUT2D eigenvalue weighted by atomic mass is 10.1. The van der Waals surface area contributed by atoms with E-state index in [1.54, 1.807) is 7.11 Å². The number of nitrogens with zero attached hydrogens (tertiary/aromatic N) is 2. The lowest BCUT2D eigenvalue weighted by Gasteiger charge is -2.12. The highest BCUT2D eigenvalue weighted by Gasteiger charge is 2.10. The summed E-state index contributed by atoms with van der Waals surface area (Å²) in [5.74, 6) is 2.87. The van der Waals surface area contributed by atoms with Gasteiger partial charge in [0.1, 0.15) is 11.6 Å². The van der Waals surface area contributed by atoms with Crippen molar-refractivity contribution in [2.45, 2.75) is 33.6 Å². The summed E-state index contributed by atoms with van der Waals surface area (Å²) in [5, 5.41) is 3.27. The zero-order valence-corrected chi connectivity index (χ0v) is 13.4. The second-order valence-corrected chi connectivity index (χ2v) is 5.37. The molecule has 4 heteroatoms. The molecule has 4 nitrogen and oxygen atoms in total. The van der Waals surface area contributed by atoms with Crippen molar-refractivity contribution in [1.82, 2.24) is 9.97 Å². The SMILES string of the molecule is CCNc1cc(C(C)C)nc(-c2ccc(OC)c(C)c2)n1. The molecule has 1 aromatic heterocycles. The van der Waals surface area contributed by atoms with Crippen LogP contribution in [0.1, 0.15) is 37.9 Å². The molecule has 0 unspecified atom stereocenters. The minimum atomic E-state index is 0.364. The van der Waals surface area contributed by atoms with Crippen molar-refractivity contribution in [3.8, 4) is 17.1 Å². The van der Waals surface area contributed by atoms with Crippen molar-refractivity contribution < 1.29 is 4.74 Å². The first-order valence-electron chi connectivity index (χ1n) is 7.33. The molecule has 2 rings (SSSR count). The zero-order valence-electron chi connectivity index (χ0n) is 13.4. The molecule has 0 fully saturated rings. The summed E-state index contributed by atoms with van der Waals surface area (Å²) in [6.45, 7) is 9.21. The summed E-state index contributed by atoms with van der Waals surface area (Å²) in [5.41, 5.74) is 3.14. The second-order valence-electron chi connectivity index (χ2n) is 5.37. The summed E-state index contributed by atoms with van der Waals surface area (Å²) in [6, 6.07) is 8.05. The maximum Gasteiger partial charge on any atom is 0.161 e. The Kier molecular flexibility index (Phi) is 4.78. The Balaban J connectivity index is 2.49. The third-order valence-corrected chi connectivity index (χ3v) is 3.35. The van der Waals surface area contributed by atoms with E-state index in [1.807, 2.05) is 25.1 Å². The van der Waals surface area contributed by atoms with Crippen molar-refractivity contribution in [3.05, 3.63) is 35.5 Å². The Morgan fingerprint density at radius 1 is 1.19 bits per heavy atom. The van der Waals surface area contributed by atoms with Crippen molar-refractivity contribution in [3.63, 3.8) is 0 Å². The van der Waals surface area contributed by atoms with E-state index in [2.05, 4.69) is 37.1 Å². The molecule has 112 valence electrons. The first-order valence-corrected chi connectivity index (χ1v) is 7.33. The summed E-state index contributed by atoms with van der Waals surface area (Å²) >= 11 is 0. The molecule has 1 heterocycles. The molecule has 0 bridgehead atoms. The van der Waals surface area contributed by atoms with E-state index in [4.69, 9.17) is 9.72 Å². The predicted molar refractivity (Wildman–Crippen MR) is 87.0 cm³/mol. The normalized spacial score (nSPS) is 10.8. The van der Waals surface area contributed by atoms with Gasteiger partial charge in [-0.25, -0.2) is 9.97 Å². The molecule has 0 atom stereocenters. The highest BCUT2D eigenvalue weighted by molar-refractivity contribution is 5.60. The van der Waals surface area contributed by atoms with E-state index in [-0.39, 0.29) is 0 Å². The van der Waals surface area contributed by atoms with Crippen LogP contribution in [-0.4, -0.2) is 23.6 Å². The average Bonchev–Trinajstić information content (AvgIpc) is 2.47. The van der Waals surface area contributed by atoms with E-state index in [0.29, 0.717) is 5.92 Å². The lowest BCUT2D eigenvalue weighted by molar-refractivity contribution is 0.412. The largest absolute Gasteiger partial charge is 0.496 e. The van der Waals surface area contributed by atoms with Crippen LogP contribution in [0.4, 0.5) is 5.82 Å². The fraction of sp³-hybridized carbons (Fsp3) is 0.412. The number of hydrogen-bond donors (Lipinski definition) is 1. The molecule has 0 saturated heterocycles. The standard InChI is InChI=1S/C17H23N3O/c1-6-18-16-10-14(11(2)3)19-17(20-16)13-7-8-15(21-5)12(4)9-13/h7-11H,6H2,1-5H3,(H,18,19,20). The predicted octanol–water partition coefficient (Wildman–Crippen LogP) is 4.02. The topological polar surface area (TPSA) is 47.0 Å². The van der Waals surface area contributed by atoms with Gasteiger partial charge in [0.2, 0.25) is 0 Å². The highest BCUT2D eigenvalue weighted by atomic mass is 16.5. The first-order chi connectivity index (χ1) is 10.0. The van der Waals surface area contributed by atoms with Crippen LogP contribution in [0.25, 0.3) is 11.4 Å². The van der Waals surface area contributed by atoms with Gasteiger partial charge in [-0.1, -0.05) is 13.8 Å². The number of aryl methyl sites for hydroxylation is 1. The van der Waals surface area contributed by atoms with Crippen LogP contribution >= 0.6 is 0 Å². The van der Waals surface area contributed by atoms with Crippen molar-refractivity contribution in [2.24, 2.45) is 0 Å². The van der Waals surface area contributed by atoms with Crippen LogP contribution in [0, 0.1) is 6.92 Å². The molecule has 0 aliphatic carbocycles. The van der Waals surface area contributed by atoms with Crippen molar-refractivity contribution in [2.75, 3.05) is 19.0 Å². The van der Waals surface area contributed by atoms with Gasteiger partial charge in [0.15, 0.2) is 5.82 Å². The number of benzene rings is 1. The summed E-state index contributed by atoms with van der Waals surface area (Å²) in [6.07, 6.45) is 0. The van der Waals surface area contributed by atoms with Crippen LogP contribution in [0.3, 0.4) is 0 Å². The molecule has 1 aromatic carbocycles. The lowest BCUT2D eigenvalue weighted by Crippen LogP contribution is -2.05. The summed E-state index contributed by atoms with van der Waals surface area (Å²) in [4.78, 5) is 9.30. The number of nitrogens with one attached hydrogen (secondary N) is 1. The molecule has 0 spiro atoms. The number of ether oxygens (including phenoxy) is 1. The van der Waals surface area contributed by atoms with Gasteiger partial charge < -0.3 is 10.1 Å². The molecule has 0 saturated carbocycles. The van der Waals surface area contributed by atoms with Gasteiger partial charge in [-0.05, 0) is 43.5 Å². The zero-order chi connectivity index (χ0) is 15.4. The second kappa shape index (κ2) is 6.57. The highest BCUT2D eigenvalue weighted by Crippen LogP contribution is 2.26. The Hall–Kier alpha value is -2.10. The van der Waals surface area contributed by atoms with E-state index >= 15 is 0 Å². The fourth-order valence-corrected chi connectivity index (χ4v) is 2.18. The molecule has 0 radical (unpaired) electrons. The number of rotatable bonds is 5. The van der Waals surface area contributed by atoms with Gasteiger partial charge in [0.25, 0.3) is 0 Å². The van der Waals surface area contributed by atoms with Crippen LogP contribution in [-0.2, 0) is 0 Å². The number of aromatic nitrogens is 2. The van der Waals surface area contributed by atoms with Crippen LogP contribution in [0.15, 0.2) is 24.3 Å². The van der Waals surface area contributed by atoms with E-state index in [1.165, 1.54) is 0 Å². The minimum Gasteiger partial charge on any atom is -0.496 e. The summed E-state index contributed by atoms with van der Waals surface area (Å²) in [7, 11) is 1.68. The average molecular weight is 285 g/mol. The maximum atomic E-state index is 5.31. The first kappa shape index (κ1) is 15.3. The molecule has 2 aromatic rings. The molecular formula is C17H23N3O. The smallest absolute Gasteiger partial charge is 0.161 e. The van der Waals surface area contributed by atoms with Gasteiger partial charge in [-0.3, -0.25) is 0 Å². The van der Waals surface area contributed by atoms with Crippen LogP contribution in [0.2, 0.25) is 0 Å². The monoisotopic (exact) mass is 285 g/mol. The van der Waals surface area contributed by atoms with Gasteiger partial charge >= 0.3 is 0 Å². The molecule has 21 heavy (non-hydrogen) atoms. The van der Waals surface area contributed by atoms with Gasteiger partial charge in [0, 0.05) is 23.9 Å². The van der Waals surface area contributed by atoms with E-state index in [0.717, 1.165) is 40.8 Å². The summed E-state index contributed by atoms with van der Waals surface area (Å²) < 4.78 is 5.31. The molecule has 1 N–H and O–H groups in total. The Labute approximate surface area is 126 Å². The van der Waals surface area contributed by atoms with Crippen molar-refractivity contribution >= 4 is 5.82 Å². The Morgan fingerprint density at radius 2 is 1.95 bits per heavy atom. The Morgan fingerprint density at radius 3 is 2.52 bits per heavy atom. The number of anilines is 1. The quantitative estimate of drug-likeness (QED) is 0.901. The van der Waals surface area contributed by atoms with Gasteiger partial charge in [0.05, 0.1) is 7.11 Å². The molecule has 0 aliphatic rings. The van der Waals surface area contributed by atoms with Crippen LogP contribution < -0.4 is 10.1 Å². The molecule has 0 amide bonds. The third-order valence-electron chi connectivity index (χ3n) is 3.35. The van der Waals surface area contributed by atoms with E-state index < -0.39 is 0 Å². The fourth-order valence-electron chi connectivity index (χ4n) is 2.18. The molecular weight excluding hydrogens is 262 g/mol.